The van der Waals surface area contributed by atoms with Gasteiger partial charge in [0.1, 0.15) is 24.4 Å². The summed E-state index contributed by atoms with van der Waals surface area (Å²) < 4.78 is 33.3. The fourth-order valence-corrected chi connectivity index (χ4v) is 5.74. The van der Waals surface area contributed by atoms with E-state index in [9.17, 15) is 5.53 Å². The number of hydrogen-bond donors (Lipinski definition) is 0. The standard InChI is InChI=1S/C38H43N3O5/c1-28(2)34(40-41-39)36-38(45-26-32-21-13-6-14-22-32)37(44-25-31-19-11-5-12-20-31)35(43-24-30-17-9-4-10-18-30)33(46-36)27-42-23-29-15-7-3-8-16-29/h3-22,28,33-38H,23-27H2,1-2H3/t33-,34+,35-,36+,37+,38+/m1/s1. The van der Waals surface area contributed by atoms with E-state index in [-0.39, 0.29) is 12.5 Å². The summed E-state index contributed by atoms with van der Waals surface area (Å²) >= 11 is 0. The predicted octanol–water partition coefficient (Wildman–Crippen LogP) is 8.06. The van der Waals surface area contributed by atoms with E-state index in [1.165, 1.54) is 0 Å². The molecule has 0 amide bonds. The van der Waals surface area contributed by atoms with E-state index in [1.54, 1.807) is 0 Å². The lowest BCUT2D eigenvalue weighted by atomic mass is 9.86. The van der Waals surface area contributed by atoms with Gasteiger partial charge in [0, 0.05) is 4.91 Å². The second-order valence-electron chi connectivity index (χ2n) is 11.9. The van der Waals surface area contributed by atoms with Crippen LogP contribution in [-0.4, -0.2) is 43.2 Å². The number of rotatable bonds is 16. The van der Waals surface area contributed by atoms with Crippen LogP contribution < -0.4 is 0 Å². The summed E-state index contributed by atoms with van der Waals surface area (Å²) in [5, 5.41) is 4.22. The van der Waals surface area contributed by atoms with Gasteiger partial charge in [-0.1, -0.05) is 140 Å². The van der Waals surface area contributed by atoms with Crippen molar-refractivity contribution in [3.63, 3.8) is 0 Å². The molecule has 1 aliphatic heterocycles. The number of benzene rings is 4. The van der Waals surface area contributed by atoms with Crippen LogP contribution >= 0.6 is 0 Å². The molecule has 4 aromatic carbocycles. The Bertz CT molecular complexity index is 1470. The van der Waals surface area contributed by atoms with Gasteiger partial charge >= 0.3 is 0 Å². The van der Waals surface area contributed by atoms with Crippen molar-refractivity contribution in [1.82, 2.24) is 0 Å². The second-order valence-corrected chi connectivity index (χ2v) is 11.9. The van der Waals surface area contributed by atoms with Crippen molar-refractivity contribution in [1.29, 1.82) is 0 Å². The van der Waals surface area contributed by atoms with Gasteiger partial charge in [-0.15, -0.1) is 0 Å². The maximum atomic E-state index is 9.61. The number of azide groups is 1. The van der Waals surface area contributed by atoms with Gasteiger partial charge in [-0.2, -0.15) is 0 Å². The molecule has 1 saturated heterocycles. The smallest absolute Gasteiger partial charge is 0.115 e. The zero-order valence-electron chi connectivity index (χ0n) is 26.5. The summed E-state index contributed by atoms with van der Waals surface area (Å²) in [4.78, 5) is 3.21. The lowest BCUT2D eigenvalue weighted by Gasteiger charge is -2.48. The Labute approximate surface area is 271 Å². The average Bonchev–Trinajstić information content (AvgIpc) is 3.10. The van der Waals surface area contributed by atoms with E-state index in [0.29, 0.717) is 26.4 Å². The highest BCUT2D eigenvalue weighted by atomic mass is 16.6. The first kappa shape index (κ1) is 33.4. The van der Waals surface area contributed by atoms with E-state index in [1.807, 2.05) is 135 Å². The molecular formula is C38H43N3O5. The Morgan fingerprint density at radius 1 is 0.609 bits per heavy atom. The first-order valence-corrected chi connectivity index (χ1v) is 15.9. The summed E-state index contributed by atoms with van der Waals surface area (Å²) in [5.41, 5.74) is 13.7. The van der Waals surface area contributed by atoms with Gasteiger partial charge < -0.3 is 23.7 Å². The molecule has 5 rings (SSSR count). The van der Waals surface area contributed by atoms with E-state index in [4.69, 9.17) is 23.7 Å². The summed E-state index contributed by atoms with van der Waals surface area (Å²) in [7, 11) is 0. The second kappa shape index (κ2) is 17.6. The van der Waals surface area contributed by atoms with Gasteiger partial charge in [-0.3, -0.25) is 0 Å². The van der Waals surface area contributed by atoms with Crippen molar-refractivity contribution in [3.8, 4) is 0 Å². The third-order valence-electron chi connectivity index (χ3n) is 8.12. The summed E-state index contributed by atoms with van der Waals surface area (Å²) in [6, 6.07) is 39.6. The van der Waals surface area contributed by atoms with E-state index in [0.717, 1.165) is 22.3 Å². The Morgan fingerprint density at radius 2 is 1.02 bits per heavy atom. The Balaban J connectivity index is 1.49. The Hall–Kier alpha value is -4.01. The van der Waals surface area contributed by atoms with Crippen molar-refractivity contribution >= 4 is 0 Å². The topological polar surface area (TPSA) is 94.9 Å². The molecule has 0 N–H and O–H groups in total. The molecule has 0 aliphatic carbocycles. The van der Waals surface area contributed by atoms with Crippen LogP contribution in [0, 0.1) is 5.92 Å². The van der Waals surface area contributed by atoms with Gasteiger partial charge in [0.2, 0.25) is 0 Å². The summed E-state index contributed by atoms with van der Waals surface area (Å²) in [6.07, 6.45) is -2.84. The van der Waals surface area contributed by atoms with Crippen molar-refractivity contribution < 1.29 is 23.7 Å². The maximum Gasteiger partial charge on any atom is 0.115 e. The van der Waals surface area contributed by atoms with Crippen LogP contribution in [0.2, 0.25) is 0 Å². The van der Waals surface area contributed by atoms with Crippen LogP contribution in [0.5, 0.6) is 0 Å². The zero-order chi connectivity index (χ0) is 32.0. The van der Waals surface area contributed by atoms with E-state index >= 15 is 0 Å². The first-order chi connectivity index (χ1) is 22.6. The third kappa shape index (κ3) is 9.50. The van der Waals surface area contributed by atoms with Crippen molar-refractivity contribution in [2.24, 2.45) is 11.0 Å². The molecule has 8 heteroatoms. The quantitative estimate of drug-likeness (QED) is 0.0717. The lowest BCUT2D eigenvalue weighted by molar-refractivity contribution is -0.277. The first-order valence-electron chi connectivity index (χ1n) is 15.9. The fourth-order valence-electron chi connectivity index (χ4n) is 5.74. The minimum atomic E-state index is -0.609. The minimum Gasteiger partial charge on any atom is -0.374 e. The molecular weight excluding hydrogens is 578 g/mol. The molecule has 1 aliphatic rings. The molecule has 0 unspecified atom stereocenters. The molecule has 240 valence electrons. The number of hydrogen-bond acceptors (Lipinski definition) is 6. The minimum absolute atomic E-state index is 0.0221. The maximum absolute atomic E-state index is 9.61. The SMILES string of the molecule is CC(C)[C@H](N=[N+]=[N-])[C@@H]1O[C@H](COCc2ccccc2)[C@@H](OCc2ccccc2)[C@H](OCc2ccccc2)[C@H]1OCc1ccccc1. The Morgan fingerprint density at radius 3 is 1.46 bits per heavy atom. The van der Waals surface area contributed by atoms with Crippen LogP contribution in [0.1, 0.15) is 36.1 Å². The monoisotopic (exact) mass is 621 g/mol. The van der Waals surface area contributed by atoms with Crippen LogP contribution in [-0.2, 0) is 50.1 Å². The molecule has 0 radical (unpaired) electrons. The normalized spacial score (nSPS) is 21.8. The Kier molecular flexibility index (Phi) is 12.8. The third-order valence-corrected chi connectivity index (χ3v) is 8.12. The highest BCUT2D eigenvalue weighted by molar-refractivity contribution is 5.17. The molecule has 1 fully saturated rings. The zero-order valence-corrected chi connectivity index (χ0v) is 26.5. The fraction of sp³-hybridized carbons (Fsp3) is 0.368. The molecule has 0 spiro atoms. The highest BCUT2D eigenvalue weighted by Gasteiger charge is 2.51. The van der Waals surface area contributed by atoms with Crippen molar-refractivity contribution in [2.45, 2.75) is 76.8 Å². The van der Waals surface area contributed by atoms with Gasteiger partial charge in [0.15, 0.2) is 0 Å². The summed E-state index contributed by atoms with van der Waals surface area (Å²) in [6.45, 7) is 5.76. The molecule has 4 aromatic rings. The number of nitrogens with zero attached hydrogens (tertiary/aromatic N) is 3. The van der Waals surface area contributed by atoms with Crippen molar-refractivity contribution in [2.75, 3.05) is 6.61 Å². The average molecular weight is 622 g/mol. The summed E-state index contributed by atoms with van der Waals surface area (Å²) in [5.74, 6) is -0.0221. The van der Waals surface area contributed by atoms with Gasteiger partial charge in [0.05, 0.1) is 45.2 Å². The van der Waals surface area contributed by atoms with Gasteiger partial charge in [-0.05, 0) is 33.7 Å². The highest BCUT2D eigenvalue weighted by Crippen LogP contribution is 2.35. The van der Waals surface area contributed by atoms with Crippen molar-refractivity contribution in [3.05, 3.63) is 154 Å². The largest absolute Gasteiger partial charge is 0.374 e. The predicted molar refractivity (Wildman–Crippen MR) is 178 cm³/mol. The van der Waals surface area contributed by atoms with Crippen LogP contribution in [0.3, 0.4) is 0 Å². The molecule has 0 saturated carbocycles. The van der Waals surface area contributed by atoms with Crippen LogP contribution in [0.15, 0.2) is 126 Å². The van der Waals surface area contributed by atoms with Gasteiger partial charge in [0.25, 0.3) is 0 Å². The molecule has 0 bridgehead atoms. The molecule has 8 nitrogen and oxygen atoms in total. The van der Waals surface area contributed by atoms with E-state index in [2.05, 4.69) is 10.0 Å². The van der Waals surface area contributed by atoms with E-state index < -0.39 is 36.6 Å². The molecule has 46 heavy (non-hydrogen) atoms. The van der Waals surface area contributed by atoms with Crippen LogP contribution in [0.25, 0.3) is 10.4 Å². The molecule has 0 aromatic heterocycles. The molecule has 6 atom stereocenters. The number of ether oxygens (including phenoxy) is 5. The molecule has 1 heterocycles. The van der Waals surface area contributed by atoms with Gasteiger partial charge in [-0.25, -0.2) is 0 Å². The lowest BCUT2D eigenvalue weighted by Crippen LogP contribution is -2.64. The van der Waals surface area contributed by atoms with Crippen LogP contribution in [0.4, 0.5) is 0 Å².